The molecule has 0 bridgehead atoms. The van der Waals surface area contributed by atoms with Crippen LogP contribution in [-0.2, 0) is 19.4 Å². The second-order valence-corrected chi connectivity index (χ2v) is 13.5. The first kappa shape index (κ1) is 23.9. The number of rotatable bonds is 10. The van der Waals surface area contributed by atoms with E-state index >= 15 is 0 Å². The van der Waals surface area contributed by atoms with E-state index < -0.39 is 18.7 Å². The summed E-state index contributed by atoms with van der Waals surface area (Å²) in [4.78, 5) is 24.1. The first-order valence-corrected chi connectivity index (χ1v) is 14.4. The molecular formula is C25H31NO5Si. The molecule has 0 saturated carbocycles. The van der Waals surface area contributed by atoms with E-state index in [0.29, 0.717) is 5.56 Å². The summed E-state index contributed by atoms with van der Waals surface area (Å²) >= 11 is 0. The number of benzene rings is 2. The van der Waals surface area contributed by atoms with Crippen molar-refractivity contribution >= 4 is 20.0 Å². The van der Waals surface area contributed by atoms with Crippen molar-refractivity contribution in [3.05, 3.63) is 87.0 Å². The first-order valence-electron chi connectivity index (χ1n) is 11.0. The molecule has 6 nitrogen and oxygen atoms in total. The van der Waals surface area contributed by atoms with Gasteiger partial charge in [0.1, 0.15) is 5.41 Å². The molecule has 0 amide bonds. The van der Waals surface area contributed by atoms with E-state index in [4.69, 9.17) is 9.16 Å². The molecular weight excluding hydrogens is 422 g/mol. The third kappa shape index (κ3) is 4.54. The fraction of sp³-hybridized carbons (Fsp3) is 0.400. The summed E-state index contributed by atoms with van der Waals surface area (Å²) in [5, 5.41) is 11.2. The van der Waals surface area contributed by atoms with Crippen LogP contribution in [0.25, 0.3) is 0 Å². The van der Waals surface area contributed by atoms with Crippen molar-refractivity contribution < 1.29 is 18.9 Å². The Morgan fingerprint density at radius 1 is 1.09 bits per heavy atom. The minimum atomic E-state index is -1.99. The van der Waals surface area contributed by atoms with Gasteiger partial charge in [0.15, 0.2) is 8.32 Å². The van der Waals surface area contributed by atoms with Crippen LogP contribution in [0.3, 0.4) is 0 Å². The Hall–Kier alpha value is -2.77. The molecule has 0 fully saturated rings. The number of hydrogen-bond donors (Lipinski definition) is 0. The fourth-order valence-electron chi connectivity index (χ4n) is 4.33. The summed E-state index contributed by atoms with van der Waals surface area (Å²) in [6, 6.07) is 16.2. The van der Waals surface area contributed by atoms with E-state index in [0.717, 1.165) is 36.0 Å². The lowest BCUT2D eigenvalue weighted by Gasteiger charge is -2.28. The number of hydrogen-bond acceptors (Lipinski definition) is 5. The fourth-order valence-corrected chi connectivity index (χ4v) is 5.29. The molecule has 1 aliphatic rings. The number of nitro groups is 1. The molecule has 32 heavy (non-hydrogen) atoms. The predicted octanol–water partition coefficient (Wildman–Crippen LogP) is 6.10. The molecule has 0 aliphatic heterocycles. The molecule has 0 aromatic heterocycles. The van der Waals surface area contributed by atoms with Crippen molar-refractivity contribution in [2.24, 2.45) is 0 Å². The summed E-state index contributed by atoms with van der Waals surface area (Å²) in [7, 11) is -0.606. The number of non-ortho nitro benzene ring substituents is 1. The third-order valence-electron chi connectivity index (χ3n) is 5.74. The maximum absolute atomic E-state index is 13.4. The lowest BCUT2D eigenvalue weighted by Crippen LogP contribution is -2.33. The van der Waals surface area contributed by atoms with Crippen LogP contribution in [0.5, 0.6) is 0 Å². The van der Waals surface area contributed by atoms with Gasteiger partial charge in [-0.15, -0.1) is 0 Å². The summed E-state index contributed by atoms with van der Waals surface area (Å²) in [5.41, 5.74) is 2.55. The van der Waals surface area contributed by atoms with Gasteiger partial charge in [0.05, 0.1) is 18.1 Å². The second kappa shape index (κ2) is 9.38. The number of methoxy groups -OCH3 is 1. The van der Waals surface area contributed by atoms with Gasteiger partial charge in [-0.2, -0.15) is 0 Å². The van der Waals surface area contributed by atoms with Crippen molar-refractivity contribution in [1.29, 1.82) is 0 Å². The van der Waals surface area contributed by atoms with Gasteiger partial charge in [-0.25, -0.2) is 0 Å². The number of ether oxygens (including phenoxy) is 1. The van der Waals surface area contributed by atoms with Crippen LogP contribution in [0.1, 0.15) is 43.4 Å². The highest BCUT2D eigenvalue weighted by atomic mass is 28.4. The van der Waals surface area contributed by atoms with Crippen molar-refractivity contribution in [1.82, 2.24) is 0 Å². The number of carbonyl (C=O) groups is 1. The molecule has 0 saturated heterocycles. The Balaban J connectivity index is 2.17. The monoisotopic (exact) mass is 453 g/mol. The third-order valence-corrected chi connectivity index (χ3v) is 6.68. The van der Waals surface area contributed by atoms with Crippen LogP contribution in [0, 0.1) is 10.1 Å². The van der Waals surface area contributed by atoms with E-state index in [1.165, 1.54) is 19.2 Å². The smallest absolute Gasteiger partial charge is 0.324 e. The highest BCUT2D eigenvalue weighted by molar-refractivity contribution is 6.69. The number of carbonyl (C=O) groups excluding carboxylic acids is 1. The molecule has 170 valence electrons. The van der Waals surface area contributed by atoms with Crippen LogP contribution in [0.2, 0.25) is 19.6 Å². The van der Waals surface area contributed by atoms with Gasteiger partial charge in [-0.3, -0.25) is 14.9 Å². The Morgan fingerprint density at radius 3 is 2.22 bits per heavy atom. The van der Waals surface area contributed by atoms with Gasteiger partial charge in [0.2, 0.25) is 0 Å². The Morgan fingerprint density at radius 2 is 1.72 bits per heavy atom. The quantitative estimate of drug-likeness (QED) is 0.143. The number of unbranched alkanes of at least 4 members (excludes halogenated alkanes) is 1. The highest BCUT2D eigenvalue weighted by Crippen LogP contribution is 2.63. The summed E-state index contributed by atoms with van der Waals surface area (Å²) in [6.45, 7) is 8.50. The lowest BCUT2D eigenvalue weighted by molar-refractivity contribution is -0.384. The van der Waals surface area contributed by atoms with Crippen LogP contribution in [-0.4, -0.2) is 26.3 Å². The molecule has 0 radical (unpaired) electrons. The lowest BCUT2D eigenvalue weighted by atomic mass is 9.84. The van der Waals surface area contributed by atoms with Crippen LogP contribution >= 0.6 is 0 Å². The van der Waals surface area contributed by atoms with Gasteiger partial charge >= 0.3 is 5.97 Å². The van der Waals surface area contributed by atoms with E-state index in [-0.39, 0.29) is 17.8 Å². The highest BCUT2D eigenvalue weighted by Gasteiger charge is 2.63. The van der Waals surface area contributed by atoms with Crippen molar-refractivity contribution in [2.45, 2.75) is 57.3 Å². The number of nitro benzene ring substituents is 1. The summed E-state index contributed by atoms with van der Waals surface area (Å²) in [5.74, 6) is -0.368. The summed E-state index contributed by atoms with van der Waals surface area (Å²) in [6.07, 6.45) is 2.29. The molecule has 2 aromatic rings. The van der Waals surface area contributed by atoms with Crippen molar-refractivity contribution in [2.75, 3.05) is 7.11 Å². The van der Waals surface area contributed by atoms with Crippen LogP contribution < -0.4 is 0 Å². The standard InChI is InChI=1S/C25H31NO5Si/c1-6-7-13-21-22(23(31-32(3,4)5)18-11-9-8-10-12-18)25(21,24(27)30-2)19-14-16-20(17-15-19)26(28)29/h8-12,14-17,23H,6-7,13H2,1-5H3. The Kier molecular flexibility index (Phi) is 7.00. The first-order chi connectivity index (χ1) is 15.2. The average molecular weight is 454 g/mol. The Bertz CT molecular complexity index is 1010. The van der Waals surface area contributed by atoms with Gasteiger partial charge < -0.3 is 9.16 Å². The summed E-state index contributed by atoms with van der Waals surface area (Å²) < 4.78 is 12.0. The zero-order valence-electron chi connectivity index (χ0n) is 19.4. The van der Waals surface area contributed by atoms with Crippen LogP contribution in [0.4, 0.5) is 5.69 Å². The minimum absolute atomic E-state index is 0.0102. The van der Waals surface area contributed by atoms with Gasteiger partial charge in [-0.1, -0.05) is 55.8 Å². The maximum Gasteiger partial charge on any atom is 0.324 e. The topological polar surface area (TPSA) is 78.7 Å². The zero-order chi connectivity index (χ0) is 23.5. The molecule has 2 atom stereocenters. The maximum atomic E-state index is 13.4. The molecule has 3 rings (SSSR count). The second-order valence-electron chi connectivity index (χ2n) is 9.06. The molecule has 2 aromatic carbocycles. The molecule has 7 heteroatoms. The predicted molar refractivity (Wildman–Crippen MR) is 127 cm³/mol. The van der Waals surface area contributed by atoms with Crippen LogP contribution in [0.15, 0.2) is 65.7 Å². The zero-order valence-corrected chi connectivity index (χ0v) is 20.4. The normalized spacial score (nSPS) is 18.9. The number of nitrogens with zero attached hydrogens (tertiary/aromatic N) is 1. The molecule has 0 heterocycles. The van der Waals surface area contributed by atoms with E-state index in [1.807, 2.05) is 30.3 Å². The minimum Gasteiger partial charge on any atom is -0.468 e. The SMILES string of the molecule is CCCCC1=C(C(O[Si](C)(C)C)c2ccccc2)C1(C(=O)OC)c1ccc([N+](=O)[O-])cc1. The molecule has 2 unspecified atom stereocenters. The molecule has 0 N–H and O–H groups in total. The average Bonchev–Trinajstić information content (AvgIpc) is 3.44. The van der Waals surface area contributed by atoms with Crippen molar-refractivity contribution in [3.8, 4) is 0 Å². The van der Waals surface area contributed by atoms with E-state index in [2.05, 4.69) is 26.6 Å². The van der Waals surface area contributed by atoms with Gasteiger partial charge in [-0.05, 0) is 54.8 Å². The van der Waals surface area contributed by atoms with Crippen molar-refractivity contribution in [3.63, 3.8) is 0 Å². The Labute approximate surface area is 190 Å². The van der Waals surface area contributed by atoms with E-state index in [9.17, 15) is 14.9 Å². The van der Waals surface area contributed by atoms with Gasteiger partial charge in [0.25, 0.3) is 5.69 Å². The number of esters is 1. The largest absolute Gasteiger partial charge is 0.468 e. The molecule has 0 spiro atoms. The molecule has 1 aliphatic carbocycles. The van der Waals surface area contributed by atoms with Gasteiger partial charge in [0, 0.05) is 12.1 Å². The van der Waals surface area contributed by atoms with E-state index in [1.54, 1.807) is 12.1 Å².